The van der Waals surface area contributed by atoms with E-state index in [1.807, 2.05) is 6.07 Å². The highest BCUT2D eigenvalue weighted by atomic mass is 19.1. The lowest BCUT2D eigenvalue weighted by atomic mass is 9.92. The Morgan fingerprint density at radius 1 is 1.25 bits per heavy atom. The van der Waals surface area contributed by atoms with E-state index >= 15 is 0 Å². The van der Waals surface area contributed by atoms with Crippen molar-refractivity contribution in [3.8, 4) is 11.8 Å². The summed E-state index contributed by atoms with van der Waals surface area (Å²) in [7, 11) is 1.53. The van der Waals surface area contributed by atoms with Crippen molar-refractivity contribution in [1.29, 1.82) is 5.26 Å². The highest BCUT2D eigenvalue weighted by Gasteiger charge is 2.22. The Bertz CT molecular complexity index is 659. The second kappa shape index (κ2) is 5.98. The van der Waals surface area contributed by atoms with Crippen molar-refractivity contribution in [2.45, 2.75) is 5.92 Å². The van der Waals surface area contributed by atoms with Crippen molar-refractivity contribution in [2.75, 3.05) is 7.11 Å². The molecule has 1 atom stereocenters. The maximum atomic E-state index is 13.2. The molecule has 0 saturated carbocycles. The molecule has 0 aromatic heterocycles. The largest absolute Gasteiger partial charge is 0.497 e. The third-order valence-corrected chi connectivity index (χ3v) is 2.95. The molecular formula is C16H12FNO2. The SMILES string of the molecule is COc1ccc(C(=O)C(C#N)c2cccc(F)c2)cc1. The van der Waals surface area contributed by atoms with Crippen molar-refractivity contribution in [1.82, 2.24) is 0 Å². The molecule has 0 aliphatic carbocycles. The first-order valence-corrected chi connectivity index (χ1v) is 5.99. The second-order valence-electron chi connectivity index (χ2n) is 4.21. The molecule has 100 valence electrons. The quantitative estimate of drug-likeness (QED) is 0.800. The summed E-state index contributed by atoms with van der Waals surface area (Å²) in [5, 5.41) is 9.18. The van der Waals surface area contributed by atoms with Gasteiger partial charge in [0, 0.05) is 5.56 Å². The second-order valence-corrected chi connectivity index (χ2v) is 4.21. The smallest absolute Gasteiger partial charge is 0.184 e. The molecule has 0 aliphatic rings. The van der Waals surface area contributed by atoms with Gasteiger partial charge in [-0.25, -0.2) is 4.39 Å². The van der Waals surface area contributed by atoms with Gasteiger partial charge in [-0.15, -0.1) is 0 Å². The number of rotatable bonds is 4. The highest BCUT2D eigenvalue weighted by Crippen LogP contribution is 2.22. The molecule has 4 heteroatoms. The van der Waals surface area contributed by atoms with E-state index in [1.54, 1.807) is 30.3 Å². The number of nitrogens with zero attached hydrogens (tertiary/aromatic N) is 1. The summed E-state index contributed by atoms with van der Waals surface area (Å²) < 4.78 is 18.2. The maximum absolute atomic E-state index is 13.2. The van der Waals surface area contributed by atoms with Crippen LogP contribution >= 0.6 is 0 Å². The van der Waals surface area contributed by atoms with Crippen LogP contribution in [0.3, 0.4) is 0 Å². The minimum Gasteiger partial charge on any atom is -0.497 e. The number of ether oxygens (including phenoxy) is 1. The summed E-state index contributed by atoms with van der Waals surface area (Å²) in [5.74, 6) is -1.22. The Kier molecular flexibility index (Phi) is 4.11. The lowest BCUT2D eigenvalue weighted by Crippen LogP contribution is -2.11. The van der Waals surface area contributed by atoms with Crippen LogP contribution in [0.25, 0.3) is 0 Å². The average molecular weight is 269 g/mol. The van der Waals surface area contributed by atoms with Gasteiger partial charge >= 0.3 is 0 Å². The number of Topliss-reactive ketones (excluding diaryl/α,β-unsaturated/α-hetero) is 1. The van der Waals surface area contributed by atoms with Crippen molar-refractivity contribution < 1.29 is 13.9 Å². The van der Waals surface area contributed by atoms with Crippen LogP contribution in [0.4, 0.5) is 4.39 Å². The Hall–Kier alpha value is -2.67. The zero-order valence-electron chi connectivity index (χ0n) is 10.8. The molecule has 2 aromatic carbocycles. The fourth-order valence-corrected chi connectivity index (χ4v) is 1.89. The van der Waals surface area contributed by atoms with Crippen LogP contribution in [0.5, 0.6) is 5.75 Å². The molecule has 0 N–H and O–H groups in total. The Labute approximate surface area is 116 Å². The monoisotopic (exact) mass is 269 g/mol. The van der Waals surface area contributed by atoms with Crippen molar-refractivity contribution in [2.24, 2.45) is 0 Å². The number of methoxy groups -OCH3 is 1. The average Bonchev–Trinajstić information content (AvgIpc) is 2.48. The molecule has 2 aromatic rings. The molecule has 0 saturated heterocycles. The topological polar surface area (TPSA) is 50.1 Å². The Morgan fingerprint density at radius 3 is 2.50 bits per heavy atom. The van der Waals surface area contributed by atoms with E-state index in [1.165, 1.54) is 25.3 Å². The number of halogens is 1. The van der Waals surface area contributed by atoms with Crippen LogP contribution in [-0.2, 0) is 0 Å². The summed E-state index contributed by atoms with van der Waals surface area (Å²) in [4.78, 5) is 12.3. The molecule has 2 rings (SSSR count). The number of hydrogen-bond acceptors (Lipinski definition) is 3. The highest BCUT2D eigenvalue weighted by molar-refractivity contribution is 6.02. The van der Waals surface area contributed by atoms with Gasteiger partial charge in [0.05, 0.1) is 13.2 Å². The third-order valence-electron chi connectivity index (χ3n) is 2.95. The van der Waals surface area contributed by atoms with E-state index in [0.717, 1.165) is 0 Å². The molecule has 20 heavy (non-hydrogen) atoms. The molecule has 0 amide bonds. The number of ketones is 1. The van der Waals surface area contributed by atoms with Crippen LogP contribution in [0.15, 0.2) is 48.5 Å². The van der Waals surface area contributed by atoms with Gasteiger partial charge in [0.2, 0.25) is 0 Å². The summed E-state index contributed by atoms with van der Waals surface area (Å²) in [6, 6.07) is 13.9. The zero-order valence-corrected chi connectivity index (χ0v) is 10.8. The molecule has 0 aliphatic heterocycles. The maximum Gasteiger partial charge on any atom is 0.184 e. The molecule has 3 nitrogen and oxygen atoms in total. The van der Waals surface area contributed by atoms with Gasteiger partial charge in [0.1, 0.15) is 17.5 Å². The molecule has 0 heterocycles. The van der Waals surface area contributed by atoms with Crippen LogP contribution in [0, 0.1) is 17.1 Å². The fourth-order valence-electron chi connectivity index (χ4n) is 1.89. The first kappa shape index (κ1) is 13.8. The van der Waals surface area contributed by atoms with E-state index in [9.17, 15) is 14.4 Å². The van der Waals surface area contributed by atoms with Crippen molar-refractivity contribution >= 4 is 5.78 Å². The molecular weight excluding hydrogens is 257 g/mol. The summed E-state index contributed by atoms with van der Waals surface area (Å²) in [6.45, 7) is 0. The van der Waals surface area contributed by atoms with Gasteiger partial charge in [-0.3, -0.25) is 4.79 Å². The van der Waals surface area contributed by atoms with Gasteiger partial charge in [0.15, 0.2) is 5.78 Å². The minimum absolute atomic E-state index is 0.355. The van der Waals surface area contributed by atoms with Crippen molar-refractivity contribution in [3.05, 3.63) is 65.5 Å². The van der Waals surface area contributed by atoms with Gasteiger partial charge in [-0.2, -0.15) is 5.26 Å². The third kappa shape index (κ3) is 2.83. The lowest BCUT2D eigenvalue weighted by molar-refractivity contribution is 0.0979. The number of carbonyl (C=O) groups is 1. The van der Waals surface area contributed by atoms with E-state index < -0.39 is 11.7 Å². The van der Waals surface area contributed by atoms with Crippen molar-refractivity contribution in [3.63, 3.8) is 0 Å². The van der Waals surface area contributed by atoms with Gasteiger partial charge in [-0.05, 0) is 42.0 Å². The zero-order chi connectivity index (χ0) is 14.5. The first-order valence-electron chi connectivity index (χ1n) is 5.99. The van der Waals surface area contributed by atoms with Gasteiger partial charge < -0.3 is 4.74 Å². The van der Waals surface area contributed by atoms with Crippen LogP contribution in [0.2, 0.25) is 0 Å². The Balaban J connectivity index is 2.31. The van der Waals surface area contributed by atoms with Crippen LogP contribution in [0.1, 0.15) is 21.8 Å². The summed E-state index contributed by atoms with van der Waals surface area (Å²) >= 11 is 0. The molecule has 0 fully saturated rings. The molecule has 0 radical (unpaired) electrons. The van der Waals surface area contributed by atoms with Gasteiger partial charge in [-0.1, -0.05) is 12.1 Å². The number of carbonyl (C=O) groups excluding carboxylic acids is 1. The van der Waals surface area contributed by atoms with E-state index in [4.69, 9.17) is 4.74 Å². The predicted molar refractivity (Wildman–Crippen MR) is 72.1 cm³/mol. The summed E-state index contributed by atoms with van der Waals surface area (Å²) in [6.07, 6.45) is 0. The molecule has 0 spiro atoms. The number of nitriles is 1. The van der Waals surface area contributed by atoms with E-state index in [2.05, 4.69) is 0 Å². The molecule has 1 unspecified atom stereocenters. The summed E-state index contributed by atoms with van der Waals surface area (Å²) in [5.41, 5.74) is 0.745. The van der Waals surface area contributed by atoms with Crippen LogP contribution < -0.4 is 4.74 Å². The number of hydrogen-bond donors (Lipinski definition) is 0. The first-order chi connectivity index (χ1) is 9.65. The van der Waals surface area contributed by atoms with E-state index in [0.29, 0.717) is 16.9 Å². The minimum atomic E-state index is -1.01. The molecule has 0 bridgehead atoms. The fraction of sp³-hybridized carbons (Fsp3) is 0.125. The van der Waals surface area contributed by atoms with Gasteiger partial charge in [0.25, 0.3) is 0 Å². The van der Waals surface area contributed by atoms with Crippen LogP contribution in [-0.4, -0.2) is 12.9 Å². The lowest BCUT2D eigenvalue weighted by Gasteiger charge is -2.09. The Morgan fingerprint density at radius 2 is 1.95 bits per heavy atom. The predicted octanol–water partition coefficient (Wildman–Crippen LogP) is 3.32. The standard InChI is InChI=1S/C16H12FNO2/c1-20-14-7-5-11(6-8-14)16(19)15(10-18)12-3-2-4-13(17)9-12/h2-9,15H,1H3. The number of benzene rings is 2. The van der Waals surface area contributed by atoms with E-state index in [-0.39, 0.29) is 5.78 Å². The normalized spacial score (nSPS) is 11.4.